The van der Waals surface area contributed by atoms with Crippen LogP contribution in [0.2, 0.25) is 0 Å². The number of aliphatic hydroxyl groups is 1. The van der Waals surface area contributed by atoms with Gasteiger partial charge in [0.25, 0.3) is 10.0 Å². The number of rotatable bonds is 8. The Balaban J connectivity index is 1.41. The number of nitrogens with one attached hydrogen (secondary N) is 2. The molecular formula is C32H36N4O6S2. The summed E-state index contributed by atoms with van der Waals surface area (Å²) in [4.78, 5) is 30.0. The van der Waals surface area contributed by atoms with Crippen molar-refractivity contribution in [2.45, 2.75) is 36.6 Å². The zero-order valence-electron chi connectivity index (χ0n) is 24.8. The first-order valence-electron chi connectivity index (χ1n) is 14.3. The number of ether oxygens (including phenoxy) is 1. The lowest BCUT2D eigenvalue weighted by atomic mass is 10.0. The molecule has 0 spiro atoms. The van der Waals surface area contributed by atoms with Gasteiger partial charge in [-0.3, -0.25) is 9.52 Å². The normalized spacial score (nSPS) is 17.9. The van der Waals surface area contributed by atoms with E-state index in [-0.39, 0.29) is 41.6 Å². The molecule has 0 saturated carbocycles. The second kappa shape index (κ2) is 13.2. The molecule has 1 aromatic heterocycles. The number of urea groups is 1. The molecule has 4 aromatic rings. The van der Waals surface area contributed by atoms with E-state index >= 15 is 0 Å². The number of aliphatic hydroxyl groups excluding tert-OH is 1. The summed E-state index contributed by atoms with van der Waals surface area (Å²) >= 11 is 1.11. The predicted octanol–water partition coefficient (Wildman–Crippen LogP) is 5.02. The van der Waals surface area contributed by atoms with Gasteiger partial charge in [0.2, 0.25) is 5.91 Å². The number of amides is 3. The third kappa shape index (κ3) is 6.98. The zero-order valence-corrected chi connectivity index (χ0v) is 26.4. The fourth-order valence-corrected chi connectivity index (χ4v) is 7.27. The number of carbonyl (C=O) groups is 2. The number of nitrogens with zero attached hydrogens (tertiary/aromatic N) is 2. The average Bonchev–Trinajstić information content (AvgIpc) is 3.57. The van der Waals surface area contributed by atoms with Crippen LogP contribution < -0.4 is 14.8 Å². The summed E-state index contributed by atoms with van der Waals surface area (Å²) in [6, 6.07) is 20.8. The molecule has 5 rings (SSSR count). The minimum atomic E-state index is -3.80. The quantitative estimate of drug-likeness (QED) is 0.249. The van der Waals surface area contributed by atoms with Crippen LogP contribution in [0.4, 0.5) is 16.2 Å². The average molecular weight is 637 g/mol. The molecule has 0 saturated heterocycles. The number of hydrogen-bond acceptors (Lipinski definition) is 7. The van der Waals surface area contributed by atoms with Crippen LogP contribution in [0.25, 0.3) is 10.8 Å². The first kappa shape index (κ1) is 31.3. The second-order valence-corrected chi connectivity index (χ2v) is 13.9. The van der Waals surface area contributed by atoms with Crippen LogP contribution in [-0.2, 0) is 21.2 Å². The van der Waals surface area contributed by atoms with E-state index in [0.717, 1.165) is 22.1 Å². The van der Waals surface area contributed by atoms with Crippen molar-refractivity contribution in [2.75, 3.05) is 36.8 Å². The highest BCUT2D eigenvalue weighted by molar-refractivity contribution is 7.94. The van der Waals surface area contributed by atoms with Gasteiger partial charge in [-0.15, -0.1) is 11.3 Å². The maximum Gasteiger partial charge on any atom is 0.321 e. The van der Waals surface area contributed by atoms with Gasteiger partial charge in [-0.05, 0) is 48.0 Å². The molecule has 1 aliphatic heterocycles. The standard InChI is InChI=1S/C32H36N4O6S2/c1-21-18-36(22(2)20-37)30(38)17-24-16-25(34-44(40,41)31-12-7-15-43-31)13-14-28(24)42-29(21)19-35(3)32(39)33-27-11-6-9-23-8-4-5-10-26(23)27/h4-16,21-22,29,34,37H,17-20H2,1-3H3,(H,33,39)/t21-,22+,29+/m0/s1. The molecule has 0 aliphatic carbocycles. The second-order valence-electron chi connectivity index (χ2n) is 11.1. The highest BCUT2D eigenvalue weighted by Gasteiger charge is 2.32. The monoisotopic (exact) mass is 636 g/mol. The van der Waals surface area contributed by atoms with Gasteiger partial charge in [0.05, 0.1) is 31.3 Å². The maximum atomic E-state index is 13.5. The molecule has 0 radical (unpaired) electrons. The molecule has 3 atom stereocenters. The lowest BCUT2D eigenvalue weighted by Gasteiger charge is -2.34. The largest absolute Gasteiger partial charge is 0.488 e. The third-order valence-electron chi connectivity index (χ3n) is 7.76. The van der Waals surface area contributed by atoms with Gasteiger partial charge in [-0.25, -0.2) is 13.2 Å². The molecule has 44 heavy (non-hydrogen) atoms. The van der Waals surface area contributed by atoms with E-state index in [1.807, 2.05) is 49.4 Å². The van der Waals surface area contributed by atoms with Crippen LogP contribution >= 0.6 is 11.3 Å². The van der Waals surface area contributed by atoms with Crippen molar-refractivity contribution in [1.29, 1.82) is 0 Å². The van der Waals surface area contributed by atoms with Crippen molar-refractivity contribution in [3.8, 4) is 5.75 Å². The number of fused-ring (bicyclic) bond motifs is 2. The van der Waals surface area contributed by atoms with Gasteiger partial charge in [0.1, 0.15) is 16.1 Å². The van der Waals surface area contributed by atoms with Crippen molar-refractivity contribution in [1.82, 2.24) is 9.80 Å². The molecule has 3 aromatic carbocycles. The molecule has 1 aliphatic rings. The van der Waals surface area contributed by atoms with Crippen LogP contribution in [0.5, 0.6) is 5.75 Å². The fourth-order valence-electron chi connectivity index (χ4n) is 5.23. The number of anilines is 2. The Morgan fingerprint density at radius 1 is 1.14 bits per heavy atom. The van der Waals surface area contributed by atoms with E-state index in [0.29, 0.717) is 29.2 Å². The van der Waals surface area contributed by atoms with Gasteiger partial charge in [0, 0.05) is 36.1 Å². The Morgan fingerprint density at radius 2 is 1.91 bits per heavy atom. The summed E-state index contributed by atoms with van der Waals surface area (Å²) in [7, 11) is -2.11. The maximum absolute atomic E-state index is 13.5. The van der Waals surface area contributed by atoms with Crippen LogP contribution in [0.1, 0.15) is 19.4 Å². The molecule has 0 fully saturated rings. The summed E-state index contributed by atoms with van der Waals surface area (Å²) < 4.78 is 35.0. The van der Waals surface area contributed by atoms with Crippen LogP contribution in [-0.4, -0.2) is 74.2 Å². The van der Waals surface area contributed by atoms with Crippen molar-refractivity contribution < 1.29 is 27.9 Å². The number of thiophene rings is 1. The van der Waals surface area contributed by atoms with Crippen molar-refractivity contribution >= 4 is 55.4 Å². The highest BCUT2D eigenvalue weighted by Crippen LogP contribution is 2.31. The topological polar surface area (TPSA) is 128 Å². The fraction of sp³-hybridized carbons (Fsp3) is 0.312. The number of hydrogen-bond donors (Lipinski definition) is 3. The first-order chi connectivity index (χ1) is 21.1. The van der Waals surface area contributed by atoms with E-state index in [1.165, 1.54) is 6.07 Å². The van der Waals surface area contributed by atoms with Crippen LogP contribution in [0.15, 0.2) is 82.4 Å². The smallest absolute Gasteiger partial charge is 0.321 e. The molecule has 232 valence electrons. The van der Waals surface area contributed by atoms with E-state index in [1.54, 1.807) is 53.4 Å². The molecule has 12 heteroatoms. The molecule has 0 bridgehead atoms. The Morgan fingerprint density at radius 3 is 2.66 bits per heavy atom. The number of carbonyl (C=O) groups excluding carboxylic acids is 2. The van der Waals surface area contributed by atoms with Crippen molar-refractivity contribution in [2.24, 2.45) is 5.92 Å². The van der Waals surface area contributed by atoms with Crippen LogP contribution in [0, 0.1) is 5.92 Å². The van der Waals surface area contributed by atoms with Gasteiger partial charge in [0.15, 0.2) is 0 Å². The summed E-state index contributed by atoms with van der Waals surface area (Å²) in [5, 5.41) is 16.5. The van der Waals surface area contributed by atoms with Gasteiger partial charge in [-0.1, -0.05) is 49.4 Å². The lowest BCUT2D eigenvalue weighted by Crippen LogP contribution is -2.48. The van der Waals surface area contributed by atoms with E-state index in [9.17, 15) is 23.1 Å². The number of benzene rings is 3. The minimum Gasteiger partial charge on any atom is -0.488 e. The summed E-state index contributed by atoms with van der Waals surface area (Å²) in [5.41, 5.74) is 1.49. The van der Waals surface area contributed by atoms with E-state index in [4.69, 9.17) is 4.74 Å². The first-order valence-corrected chi connectivity index (χ1v) is 16.7. The minimum absolute atomic E-state index is 0.0505. The number of sulfonamides is 1. The molecule has 3 N–H and O–H groups in total. The summed E-state index contributed by atoms with van der Waals surface area (Å²) in [6.07, 6.45) is -0.574. The van der Waals surface area contributed by atoms with Crippen LogP contribution in [0.3, 0.4) is 0 Å². The Bertz CT molecular complexity index is 1740. The van der Waals surface area contributed by atoms with Crippen molar-refractivity contribution in [3.05, 3.63) is 83.7 Å². The molecule has 10 nitrogen and oxygen atoms in total. The third-order valence-corrected chi connectivity index (χ3v) is 10.5. The number of likely N-dealkylation sites (N-methyl/N-ethyl adjacent to an activating group) is 1. The van der Waals surface area contributed by atoms with Gasteiger partial charge >= 0.3 is 6.03 Å². The summed E-state index contributed by atoms with van der Waals surface area (Å²) in [5.74, 6) is -0.0106. The molecule has 3 amide bonds. The summed E-state index contributed by atoms with van der Waals surface area (Å²) in [6.45, 7) is 4.01. The van der Waals surface area contributed by atoms with Gasteiger partial charge < -0.3 is 25.0 Å². The highest BCUT2D eigenvalue weighted by atomic mass is 32.2. The lowest BCUT2D eigenvalue weighted by molar-refractivity contribution is -0.134. The van der Waals surface area contributed by atoms with Gasteiger partial charge in [-0.2, -0.15) is 0 Å². The van der Waals surface area contributed by atoms with E-state index in [2.05, 4.69) is 10.0 Å². The molecule has 2 heterocycles. The Labute approximate surface area is 261 Å². The Kier molecular flexibility index (Phi) is 9.42. The Hall–Kier alpha value is -4.13. The predicted molar refractivity (Wildman–Crippen MR) is 173 cm³/mol. The molecule has 0 unspecified atom stereocenters. The molecular weight excluding hydrogens is 601 g/mol. The van der Waals surface area contributed by atoms with Crippen molar-refractivity contribution in [3.63, 3.8) is 0 Å². The van der Waals surface area contributed by atoms with E-state index < -0.39 is 22.2 Å². The SMILES string of the molecule is C[C@H](CO)N1C[C@H](C)[C@@H](CN(C)C(=O)Nc2cccc3ccccc23)Oc2ccc(NS(=O)(=O)c3cccs3)cc2CC1=O. The zero-order chi connectivity index (χ0) is 31.4.